The third-order valence-electron chi connectivity index (χ3n) is 6.84. The quantitative estimate of drug-likeness (QED) is 0.412. The van der Waals surface area contributed by atoms with Crippen molar-refractivity contribution in [1.82, 2.24) is 29.4 Å². The van der Waals surface area contributed by atoms with E-state index in [-0.39, 0.29) is 12.0 Å². The van der Waals surface area contributed by atoms with Crippen molar-refractivity contribution in [3.8, 4) is 17.7 Å². The summed E-state index contributed by atoms with van der Waals surface area (Å²) in [6.45, 7) is 3.64. The molecule has 1 amide bonds. The molecule has 11 nitrogen and oxygen atoms in total. The van der Waals surface area contributed by atoms with Crippen LogP contribution in [0, 0.1) is 24.2 Å². The lowest BCUT2D eigenvalue weighted by molar-refractivity contribution is -0.0314. The monoisotopic (exact) mass is 510 g/mol. The molecule has 192 valence electrons. The predicted octanol–water partition coefficient (Wildman–Crippen LogP) is 3.73. The first kappa shape index (κ1) is 23.8. The zero-order valence-corrected chi connectivity index (χ0v) is 21.1. The minimum atomic E-state index is -0.0314. The number of ether oxygens (including phenoxy) is 2. The summed E-state index contributed by atoms with van der Waals surface area (Å²) in [4.78, 5) is 32.6. The second-order valence-electron chi connectivity index (χ2n) is 9.64. The van der Waals surface area contributed by atoms with Gasteiger partial charge in [-0.3, -0.25) is 4.79 Å². The summed E-state index contributed by atoms with van der Waals surface area (Å²) in [5.41, 5.74) is 3.54. The Bertz CT molecular complexity index is 1560. The molecule has 4 aromatic rings. The molecule has 1 saturated carbocycles. The highest BCUT2D eigenvalue weighted by Gasteiger charge is 2.36. The van der Waals surface area contributed by atoms with E-state index in [4.69, 9.17) is 14.7 Å². The molecular formula is C27H26N8O3. The zero-order chi connectivity index (χ0) is 26.2. The molecule has 0 spiro atoms. The van der Waals surface area contributed by atoms with E-state index in [1.165, 1.54) is 19.0 Å². The van der Waals surface area contributed by atoms with Crippen molar-refractivity contribution in [2.75, 3.05) is 25.0 Å². The largest absolute Gasteiger partial charge is 0.437 e. The Labute approximate surface area is 219 Å². The summed E-state index contributed by atoms with van der Waals surface area (Å²) in [6.07, 6.45) is 7.29. The molecule has 1 N–H and O–H groups in total. The van der Waals surface area contributed by atoms with Gasteiger partial charge in [0.1, 0.15) is 23.1 Å². The van der Waals surface area contributed by atoms with E-state index >= 15 is 0 Å². The molecule has 6 rings (SSSR count). The van der Waals surface area contributed by atoms with Gasteiger partial charge >= 0.3 is 0 Å². The molecule has 1 unspecified atom stereocenters. The highest BCUT2D eigenvalue weighted by atomic mass is 16.5. The fourth-order valence-corrected chi connectivity index (χ4v) is 4.57. The number of pyridine rings is 3. The third kappa shape index (κ3) is 4.73. The Morgan fingerprint density at radius 2 is 2.08 bits per heavy atom. The van der Waals surface area contributed by atoms with Crippen molar-refractivity contribution in [3.05, 3.63) is 59.8 Å². The number of hydrogen-bond acceptors (Lipinski definition) is 9. The van der Waals surface area contributed by atoms with Crippen LogP contribution in [0.5, 0.6) is 11.6 Å². The number of aryl methyl sites for hydroxylation is 2. The van der Waals surface area contributed by atoms with Crippen LogP contribution in [0.1, 0.15) is 34.5 Å². The van der Waals surface area contributed by atoms with Gasteiger partial charge in [0.2, 0.25) is 5.88 Å². The maximum Gasteiger partial charge on any atom is 0.255 e. The molecule has 11 heteroatoms. The molecule has 0 bridgehead atoms. The topological polar surface area (TPSA) is 131 Å². The summed E-state index contributed by atoms with van der Waals surface area (Å²) in [7, 11) is 1.85. The van der Waals surface area contributed by atoms with Crippen LogP contribution >= 0.6 is 0 Å². The van der Waals surface area contributed by atoms with Crippen LogP contribution in [0.25, 0.3) is 11.2 Å². The van der Waals surface area contributed by atoms with E-state index in [2.05, 4.69) is 25.3 Å². The van der Waals surface area contributed by atoms with Crippen LogP contribution in [0.2, 0.25) is 0 Å². The molecule has 2 fully saturated rings. The van der Waals surface area contributed by atoms with Gasteiger partial charge in [-0.15, -0.1) is 0 Å². The second-order valence-corrected chi connectivity index (χ2v) is 9.64. The van der Waals surface area contributed by atoms with Crippen molar-refractivity contribution >= 4 is 28.6 Å². The molecule has 1 saturated heterocycles. The zero-order valence-electron chi connectivity index (χ0n) is 21.1. The van der Waals surface area contributed by atoms with E-state index in [1.807, 2.05) is 24.9 Å². The molecule has 38 heavy (non-hydrogen) atoms. The molecule has 0 radical (unpaired) electrons. The number of nitrogens with one attached hydrogen (secondary N) is 1. The van der Waals surface area contributed by atoms with E-state index < -0.39 is 0 Å². The lowest BCUT2D eigenvalue weighted by Gasteiger charge is -2.33. The summed E-state index contributed by atoms with van der Waals surface area (Å²) in [5.74, 6) is 1.94. The van der Waals surface area contributed by atoms with Crippen LogP contribution in [0.3, 0.4) is 0 Å². The standard InChI is InChI=1S/C27H26N8O3/c1-16-9-19(11-28)29-13-21(16)38-24-10-20(25-26(33-24)34(2)15-31-25)32-23-6-5-18(12-30-23)27(36)35-7-8-37-22(14-35)17-3-4-17/h5-6,9-10,12-13,15,17,22H,3-4,7-8,14H2,1-2H3,(H,30,32,33). The number of hydrogen-bond donors (Lipinski definition) is 1. The van der Waals surface area contributed by atoms with Crippen LogP contribution in [0.4, 0.5) is 11.5 Å². The molecule has 4 aromatic heterocycles. The molecule has 2 aliphatic rings. The van der Waals surface area contributed by atoms with Gasteiger partial charge in [-0.1, -0.05) is 0 Å². The lowest BCUT2D eigenvalue weighted by atomic mass is 10.1. The number of anilines is 2. The summed E-state index contributed by atoms with van der Waals surface area (Å²) in [6, 6.07) is 8.97. The van der Waals surface area contributed by atoms with Crippen molar-refractivity contribution < 1.29 is 14.3 Å². The maximum atomic E-state index is 13.1. The first-order valence-corrected chi connectivity index (χ1v) is 12.5. The number of amides is 1. The molecule has 0 aromatic carbocycles. The van der Waals surface area contributed by atoms with Gasteiger partial charge in [0.05, 0.1) is 36.5 Å². The molecule has 5 heterocycles. The Balaban J connectivity index is 1.22. The predicted molar refractivity (Wildman–Crippen MR) is 138 cm³/mol. The Hall–Kier alpha value is -4.56. The average Bonchev–Trinajstić information content (AvgIpc) is 3.73. The summed E-state index contributed by atoms with van der Waals surface area (Å²) in [5, 5.41) is 12.4. The fraction of sp³-hybridized carbons (Fsp3) is 0.333. The number of aromatic nitrogens is 5. The Kier molecular flexibility index (Phi) is 6.09. The highest BCUT2D eigenvalue weighted by molar-refractivity contribution is 5.94. The van der Waals surface area contributed by atoms with Gasteiger partial charge in [0, 0.05) is 32.4 Å². The molecule has 1 aliphatic heterocycles. The minimum absolute atomic E-state index is 0.0314. The van der Waals surface area contributed by atoms with E-state index in [9.17, 15) is 4.79 Å². The van der Waals surface area contributed by atoms with Gasteiger partial charge in [0.25, 0.3) is 5.91 Å². The fourth-order valence-electron chi connectivity index (χ4n) is 4.57. The second kappa shape index (κ2) is 9.72. The summed E-state index contributed by atoms with van der Waals surface area (Å²) < 4.78 is 13.7. The molecular weight excluding hydrogens is 484 g/mol. The van der Waals surface area contributed by atoms with Crippen LogP contribution in [-0.4, -0.2) is 61.1 Å². The number of fused-ring (bicyclic) bond motifs is 1. The Morgan fingerprint density at radius 3 is 2.82 bits per heavy atom. The summed E-state index contributed by atoms with van der Waals surface area (Å²) >= 11 is 0. The van der Waals surface area contributed by atoms with Gasteiger partial charge in [0.15, 0.2) is 11.4 Å². The van der Waals surface area contributed by atoms with Gasteiger partial charge in [-0.05, 0) is 49.4 Å². The van der Waals surface area contributed by atoms with Crippen molar-refractivity contribution in [1.29, 1.82) is 5.26 Å². The van der Waals surface area contributed by atoms with E-state index in [0.717, 1.165) is 5.56 Å². The highest BCUT2D eigenvalue weighted by Crippen LogP contribution is 2.36. The van der Waals surface area contributed by atoms with Crippen LogP contribution < -0.4 is 10.1 Å². The van der Waals surface area contributed by atoms with Crippen LogP contribution in [-0.2, 0) is 11.8 Å². The lowest BCUT2D eigenvalue weighted by Crippen LogP contribution is -2.46. The minimum Gasteiger partial charge on any atom is -0.437 e. The first-order valence-electron chi connectivity index (χ1n) is 12.5. The van der Waals surface area contributed by atoms with Gasteiger partial charge in [-0.25, -0.2) is 15.0 Å². The number of rotatable bonds is 6. The number of nitriles is 1. The number of carbonyl (C=O) groups is 1. The van der Waals surface area contributed by atoms with Crippen molar-refractivity contribution in [2.45, 2.75) is 25.9 Å². The number of nitrogens with zero attached hydrogens (tertiary/aromatic N) is 7. The van der Waals surface area contributed by atoms with Crippen molar-refractivity contribution in [2.24, 2.45) is 13.0 Å². The third-order valence-corrected chi connectivity index (χ3v) is 6.84. The Morgan fingerprint density at radius 1 is 1.21 bits per heavy atom. The molecule has 1 aliphatic carbocycles. The van der Waals surface area contributed by atoms with Gasteiger partial charge in [-0.2, -0.15) is 10.2 Å². The first-order chi connectivity index (χ1) is 18.5. The van der Waals surface area contributed by atoms with Crippen molar-refractivity contribution in [3.63, 3.8) is 0 Å². The average molecular weight is 511 g/mol. The smallest absolute Gasteiger partial charge is 0.255 e. The number of imidazole rings is 1. The SMILES string of the molecule is Cc1cc(C#N)ncc1Oc1cc(Nc2ccc(C(=O)N3CCOC(C4CC4)C3)cn2)c2ncn(C)c2n1. The maximum absolute atomic E-state index is 13.1. The molecule has 1 atom stereocenters. The number of morpholine rings is 1. The van der Waals surface area contributed by atoms with Gasteiger partial charge < -0.3 is 24.3 Å². The normalized spacial score (nSPS) is 17.3. The van der Waals surface area contributed by atoms with Crippen LogP contribution in [0.15, 0.2) is 43.0 Å². The van der Waals surface area contributed by atoms with E-state index in [0.29, 0.717) is 71.2 Å². The number of carbonyl (C=O) groups excluding carboxylic acids is 1. The van der Waals surface area contributed by atoms with E-state index in [1.54, 1.807) is 41.4 Å².